The Labute approximate surface area is 123 Å². The van der Waals surface area contributed by atoms with Gasteiger partial charge in [-0.15, -0.1) is 0 Å². The molecule has 5 nitrogen and oxygen atoms in total. The molecule has 0 aromatic heterocycles. The first-order valence-corrected chi connectivity index (χ1v) is 6.93. The Kier molecular flexibility index (Phi) is 5.26. The quantitative estimate of drug-likeness (QED) is 0.885. The van der Waals surface area contributed by atoms with Crippen molar-refractivity contribution in [2.45, 2.75) is 13.0 Å². The van der Waals surface area contributed by atoms with Gasteiger partial charge < -0.3 is 10.0 Å². The van der Waals surface area contributed by atoms with Gasteiger partial charge in [-0.1, -0.05) is 6.07 Å². The third-order valence-corrected chi connectivity index (χ3v) is 3.69. The summed E-state index contributed by atoms with van der Waals surface area (Å²) in [4.78, 5) is 14.9. The molecule has 1 saturated heterocycles. The van der Waals surface area contributed by atoms with Crippen LogP contribution in [0.1, 0.15) is 17.5 Å². The average Bonchev–Trinajstić information content (AvgIpc) is 2.48. The molecule has 1 aromatic carbocycles. The van der Waals surface area contributed by atoms with Crippen LogP contribution in [0.25, 0.3) is 0 Å². The van der Waals surface area contributed by atoms with E-state index in [9.17, 15) is 9.18 Å². The number of nitriles is 1. The van der Waals surface area contributed by atoms with Gasteiger partial charge in [0, 0.05) is 39.3 Å². The van der Waals surface area contributed by atoms with E-state index in [0.29, 0.717) is 18.7 Å². The molecule has 2 rings (SSSR count). The summed E-state index contributed by atoms with van der Waals surface area (Å²) in [5.41, 5.74) is 1.21. The molecule has 1 aliphatic rings. The van der Waals surface area contributed by atoms with Gasteiger partial charge in [-0.05, 0) is 17.7 Å². The summed E-state index contributed by atoms with van der Waals surface area (Å²) in [5, 5.41) is 17.7. The highest BCUT2D eigenvalue weighted by atomic mass is 19.1. The van der Waals surface area contributed by atoms with Crippen LogP contribution < -0.4 is 0 Å². The average molecular weight is 291 g/mol. The zero-order valence-electron chi connectivity index (χ0n) is 11.8. The fourth-order valence-corrected chi connectivity index (χ4v) is 2.46. The highest BCUT2D eigenvalue weighted by molar-refractivity contribution is 5.66. The maximum Gasteiger partial charge on any atom is 0.304 e. The molecule has 0 atom stereocenters. The van der Waals surface area contributed by atoms with Gasteiger partial charge in [0.05, 0.1) is 18.1 Å². The topological polar surface area (TPSA) is 67.6 Å². The van der Waals surface area contributed by atoms with Crippen molar-refractivity contribution in [3.63, 3.8) is 0 Å². The number of carbonyl (C=O) groups is 1. The van der Waals surface area contributed by atoms with Gasteiger partial charge in [-0.25, -0.2) is 4.39 Å². The lowest BCUT2D eigenvalue weighted by Crippen LogP contribution is -2.46. The molecule has 1 N–H and O–H groups in total. The highest BCUT2D eigenvalue weighted by Gasteiger charge is 2.18. The Morgan fingerprint density at radius 2 is 1.95 bits per heavy atom. The van der Waals surface area contributed by atoms with Gasteiger partial charge >= 0.3 is 5.97 Å². The third-order valence-electron chi connectivity index (χ3n) is 3.69. The number of rotatable bonds is 5. The van der Waals surface area contributed by atoms with Crippen molar-refractivity contribution in [2.24, 2.45) is 0 Å². The molecule has 0 spiro atoms. The largest absolute Gasteiger partial charge is 0.481 e. The Morgan fingerprint density at radius 1 is 1.29 bits per heavy atom. The molecule has 0 radical (unpaired) electrons. The second-order valence-electron chi connectivity index (χ2n) is 5.17. The lowest BCUT2D eigenvalue weighted by Gasteiger charge is -2.34. The molecule has 1 heterocycles. The number of carboxylic acids is 1. The number of benzene rings is 1. The van der Waals surface area contributed by atoms with Crippen molar-refractivity contribution in [1.29, 1.82) is 5.26 Å². The first kappa shape index (κ1) is 15.4. The summed E-state index contributed by atoms with van der Waals surface area (Å²) >= 11 is 0. The zero-order chi connectivity index (χ0) is 15.2. The standard InChI is InChI=1S/C15H18FN3O2/c16-14-2-1-12(13(9-14)10-17)11-19-7-5-18(6-8-19)4-3-15(20)21/h1-2,9H,3-8,11H2,(H,20,21). The van der Waals surface area contributed by atoms with E-state index in [1.54, 1.807) is 6.07 Å². The summed E-state index contributed by atoms with van der Waals surface area (Å²) < 4.78 is 13.1. The van der Waals surface area contributed by atoms with Crippen molar-refractivity contribution >= 4 is 5.97 Å². The third kappa shape index (κ3) is 4.52. The van der Waals surface area contributed by atoms with E-state index < -0.39 is 11.8 Å². The maximum atomic E-state index is 13.1. The van der Waals surface area contributed by atoms with E-state index in [1.165, 1.54) is 12.1 Å². The first-order valence-electron chi connectivity index (χ1n) is 6.93. The molecule has 0 unspecified atom stereocenters. The second kappa shape index (κ2) is 7.16. The van der Waals surface area contributed by atoms with Crippen LogP contribution in [0.15, 0.2) is 18.2 Å². The molecule has 21 heavy (non-hydrogen) atoms. The fraction of sp³-hybridized carbons (Fsp3) is 0.467. The molecule has 6 heteroatoms. The number of nitrogens with zero attached hydrogens (tertiary/aromatic N) is 3. The highest BCUT2D eigenvalue weighted by Crippen LogP contribution is 2.14. The molecule has 1 aliphatic heterocycles. The predicted octanol–water partition coefficient (Wildman–Crippen LogP) is 1.29. The molecule has 0 bridgehead atoms. The van der Waals surface area contributed by atoms with Crippen LogP contribution in [0.5, 0.6) is 0 Å². The normalized spacial score (nSPS) is 16.6. The van der Waals surface area contributed by atoms with Crippen LogP contribution in [0, 0.1) is 17.1 Å². The number of hydrogen-bond donors (Lipinski definition) is 1. The monoisotopic (exact) mass is 291 g/mol. The van der Waals surface area contributed by atoms with Crippen LogP contribution in [0.4, 0.5) is 4.39 Å². The molecule has 1 aromatic rings. The lowest BCUT2D eigenvalue weighted by molar-refractivity contribution is -0.137. The van der Waals surface area contributed by atoms with E-state index in [0.717, 1.165) is 31.7 Å². The van der Waals surface area contributed by atoms with Crippen LogP contribution in [0.2, 0.25) is 0 Å². The minimum atomic E-state index is -0.776. The number of hydrogen-bond acceptors (Lipinski definition) is 4. The minimum Gasteiger partial charge on any atom is -0.481 e. The van der Waals surface area contributed by atoms with Crippen molar-refractivity contribution in [3.8, 4) is 6.07 Å². The van der Waals surface area contributed by atoms with Crippen LogP contribution in [-0.4, -0.2) is 53.6 Å². The van der Waals surface area contributed by atoms with E-state index in [2.05, 4.69) is 9.80 Å². The van der Waals surface area contributed by atoms with Gasteiger partial charge in [0.1, 0.15) is 5.82 Å². The molecule has 112 valence electrons. The molecule has 0 saturated carbocycles. The Hall–Kier alpha value is -1.97. The summed E-state index contributed by atoms with van der Waals surface area (Å²) in [5.74, 6) is -1.17. The summed E-state index contributed by atoms with van der Waals surface area (Å²) in [7, 11) is 0. The van der Waals surface area contributed by atoms with Gasteiger partial charge in [0.2, 0.25) is 0 Å². The SMILES string of the molecule is N#Cc1cc(F)ccc1CN1CCN(CCC(=O)O)CC1. The Bertz CT molecular complexity index is 548. The molecule has 0 amide bonds. The summed E-state index contributed by atoms with van der Waals surface area (Å²) in [6.07, 6.45) is 0.163. The van der Waals surface area contributed by atoms with Gasteiger partial charge in [0.15, 0.2) is 0 Å². The number of piperazine rings is 1. The van der Waals surface area contributed by atoms with E-state index in [4.69, 9.17) is 10.4 Å². The Balaban J connectivity index is 1.86. The van der Waals surface area contributed by atoms with Crippen LogP contribution in [0.3, 0.4) is 0 Å². The lowest BCUT2D eigenvalue weighted by atomic mass is 10.1. The molecule has 0 aliphatic carbocycles. The molecular formula is C15H18FN3O2. The summed E-state index contributed by atoms with van der Waals surface area (Å²) in [6, 6.07) is 6.32. The fourth-order valence-electron chi connectivity index (χ4n) is 2.46. The maximum absolute atomic E-state index is 13.1. The van der Waals surface area contributed by atoms with Crippen molar-refractivity contribution in [2.75, 3.05) is 32.7 Å². The predicted molar refractivity (Wildman–Crippen MR) is 75.1 cm³/mol. The number of halogens is 1. The molecule has 1 fully saturated rings. The molecular weight excluding hydrogens is 273 g/mol. The number of carboxylic acid groups (broad SMARTS) is 1. The van der Waals surface area contributed by atoms with E-state index in [-0.39, 0.29) is 6.42 Å². The smallest absolute Gasteiger partial charge is 0.304 e. The van der Waals surface area contributed by atoms with Crippen LogP contribution >= 0.6 is 0 Å². The van der Waals surface area contributed by atoms with Gasteiger partial charge in [-0.3, -0.25) is 9.69 Å². The Morgan fingerprint density at radius 3 is 2.57 bits per heavy atom. The van der Waals surface area contributed by atoms with Crippen molar-refractivity contribution < 1.29 is 14.3 Å². The van der Waals surface area contributed by atoms with E-state index in [1.807, 2.05) is 6.07 Å². The van der Waals surface area contributed by atoms with Gasteiger partial charge in [0.25, 0.3) is 0 Å². The second-order valence-corrected chi connectivity index (χ2v) is 5.17. The van der Waals surface area contributed by atoms with Crippen LogP contribution in [-0.2, 0) is 11.3 Å². The van der Waals surface area contributed by atoms with Crippen molar-refractivity contribution in [3.05, 3.63) is 35.1 Å². The van der Waals surface area contributed by atoms with E-state index >= 15 is 0 Å². The summed E-state index contributed by atoms with van der Waals surface area (Å²) in [6.45, 7) is 4.47. The zero-order valence-corrected chi connectivity index (χ0v) is 11.8. The van der Waals surface area contributed by atoms with Crippen molar-refractivity contribution in [1.82, 2.24) is 9.80 Å². The first-order chi connectivity index (χ1) is 10.1. The number of aliphatic carboxylic acids is 1. The van der Waals surface area contributed by atoms with Gasteiger partial charge in [-0.2, -0.15) is 5.26 Å². The minimum absolute atomic E-state index is 0.163.